The van der Waals surface area contributed by atoms with Gasteiger partial charge in [0.1, 0.15) is 5.82 Å². The maximum absolute atomic E-state index is 12.8. The van der Waals surface area contributed by atoms with Gasteiger partial charge in [0.15, 0.2) is 0 Å². The highest BCUT2D eigenvalue weighted by Crippen LogP contribution is 2.21. The van der Waals surface area contributed by atoms with Gasteiger partial charge in [-0.3, -0.25) is 4.98 Å². The first kappa shape index (κ1) is 14.1. The summed E-state index contributed by atoms with van der Waals surface area (Å²) in [6.45, 7) is 9.73. The lowest BCUT2D eigenvalue weighted by Crippen LogP contribution is -2.32. The number of nitrogens with one attached hydrogen (secondary N) is 1. The van der Waals surface area contributed by atoms with E-state index in [1.54, 1.807) is 6.07 Å². The molecule has 17 heavy (non-hydrogen) atoms. The first-order valence-corrected chi connectivity index (χ1v) is 6.33. The van der Waals surface area contributed by atoms with E-state index < -0.39 is 0 Å². The van der Waals surface area contributed by atoms with E-state index in [4.69, 9.17) is 0 Å². The van der Waals surface area contributed by atoms with Crippen molar-refractivity contribution >= 4 is 0 Å². The number of nitrogens with zero attached hydrogens (tertiary/aromatic N) is 1. The summed E-state index contributed by atoms with van der Waals surface area (Å²) < 4.78 is 12.8. The average molecular weight is 238 g/mol. The van der Waals surface area contributed by atoms with Gasteiger partial charge < -0.3 is 5.32 Å². The van der Waals surface area contributed by atoms with Crippen LogP contribution in [0.25, 0.3) is 0 Å². The minimum absolute atomic E-state index is 0.210. The van der Waals surface area contributed by atoms with Gasteiger partial charge in [0.05, 0.1) is 11.9 Å². The summed E-state index contributed by atoms with van der Waals surface area (Å²) >= 11 is 0. The highest BCUT2D eigenvalue weighted by Gasteiger charge is 2.18. The van der Waals surface area contributed by atoms with Crippen LogP contribution in [0.4, 0.5) is 4.39 Å². The third-order valence-corrected chi connectivity index (χ3v) is 3.30. The highest BCUT2D eigenvalue weighted by molar-refractivity contribution is 5.09. The lowest BCUT2D eigenvalue weighted by molar-refractivity contribution is 0.305. The number of hydrogen-bond donors (Lipinski definition) is 1. The molecule has 1 aromatic rings. The number of hydrogen-bond acceptors (Lipinski definition) is 2. The fraction of sp³-hybridized carbons (Fsp3) is 0.643. The molecule has 3 heteroatoms. The predicted octanol–water partition coefficient (Wildman–Crippen LogP) is 3.70. The number of aromatic nitrogens is 1. The Hall–Kier alpha value is -0.960. The molecular formula is C14H23FN2. The third-order valence-electron chi connectivity index (χ3n) is 3.30. The van der Waals surface area contributed by atoms with Crippen LogP contribution in [0, 0.1) is 11.2 Å². The second-order valence-electron chi connectivity index (χ2n) is 5.26. The van der Waals surface area contributed by atoms with Crippen LogP contribution >= 0.6 is 0 Å². The van der Waals surface area contributed by atoms with Crippen LogP contribution in [0.1, 0.15) is 52.3 Å². The summed E-state index contributed by atoms with van der Waals surface area (Å²) in [6.07, 6.45) is 3.37. The zero-order valence-corrected chi connectivity index (χ0v) is 11.3. The number of pyridine rings is 1. The Morgan fingerprint density at radius 2 is 2.06 bits per heavy atom. The van der Waals surface area contributed by atoms with Crippen molar-refractivity contribution in [3.63, 3.8) is 0 Å². The van der Waals surface area contributed by atoms with Gasteiger partial charge in [-0.25, -0.2) is 4.39 Å². The number of halogens is 1. The Kier molecular flexibility index (Phi) is 5.06. The van der Waals surface area contributed by atoms with Crippen LogP contribution in [-0.4, -0.2) is 11.5 Å². The zero-order valence-electron chi connectivity index (χ0n) is 11.3. The standard InChI is InChI=1S/C14H23FN2/c1-5-12(17-10-14(3,4)6-2)13-8-7-11(15)9-16-13/h7-9,12,17H,5-6,10H2,1-4H3. The van der Waals surface area contributed by atoms with Crippen molar-refractivity contribution in [2.24, 2.45) is 5.41 Å². The molecule has 1 atom stereocenters. The molecule has 0 bridgehead atoms. The molecule has 0 saturated heterocycles. The van der Waals surface area contributed by atoms with Crippen LogP contribution < -0.4 is 5.32 Å². The molecule has 1 unspecified atom stereocenters. The van der Waals surface area contributed by atoms with E-state index in [2.05, 4.69) is 38.0 Å². The Bertz CT molecular complexity index is 333. The second kappa shape index (κ2) is 6.10. The summed E-state index contributed by atoms with van der Waals surface area (Å²) in [6, 6.07) is 3.44. The van der Waals surface area contributed by atoms with Crippen molar-refractivity contribution in [2.45, 2.75) is 46.6 Å². The molecule has 1 aromatic heterocycles. The van der Waals surface area contributed by atoms with E-state index in [1.807, 2.05) is 0 Å². The normalized spacial score (nSPS) is 13.7. The lowest BCUT2D eigenvalue weighted by atomic mass is 9.90. The molecule has 0 radical (unpaired) electrons. The monoisotopic (exact) mass is 238 g/mol. The average Bonchev–Trinajstić information content (AvgIpc) is 2.32. The molecule has 0 spiro atoms. The minimum atomic E-state index is -0.280. The van der Waals surface area contributed by atoms with Crippen LogP contribution in [0.2, 0.25) is 0 Å². The van der Waals surface area contributed by atoms with Gasteiger partial charge in [0, 0.05) is 12.6 Å². The van der Waals surface area contributed by atoms with Gasteiger partial charge in [-0.15, -0.1) is 0 Å². The van der Waals surface area contributed by atoms with E-state index in [-0.39, 0.29) is 17.3 Å². The second-order valence-corrected chi connectivity index (χ2v) is 5.26. The van der Waals surface area contributed by atoms with Crippen LogP contribution in [0.5, 0.6) is 0 Å². The smallest absolute Gasteiger partial charge is 0.141 e. The van der Waals surface area contributed by atoms with Crippen molar-refractivity contribution in [1.29, 1.82) is 0 Å². The summed E-state index contributed by atoms with van der Waals surface area (Å²) in [5, 5.41) is 3.51. The van der Waals surface area contributed by atoms with Gasteiger partial charge in [-0.2, -0.15) is 0 Å². The van der Waals surface area contributed by atoms with E-state index in [0.717, 1.165) is 25.1 Å². The fourth-order valence-corrected chi connectivity index (χ4v) is 1.58. The van der Waals surface area contributed by atoms with Crippen molar-refractivity contribution in [1.82, 2.24) is 10.3 Å². The molecule has 0 aliphatic heterocycles. The molecule has 0 aliphatic rings. The molecule has 0 aliphatic carbocycles. The van der Waals surface area contributed by atoms with Gasteiger partial charge in [-0.1, -0.05) is 27.7 Å². The van der Waals surface area contributed by atoms with Crippen molar-refractivity contribution in [3.8, 4) is 0 Å². The Labute approximate surface area is 104 Å². The van der Waals surface area contributed by atoms with Gasteiger partial charge in [0.2, 0.25) is 0 Å². The Morgan fingerprint density at radius 1 is 1.35 bits per heavy atom. The van der Waals surface area contributed by atoms with E-state index >= 15 is 0 Å². The highest BCUT2D eigenvalue weighted by atomic mass is 19.1. The molecule has 96 valence electrons. The fourth-order valence-electron chi connectivity index (χ4n) is 1.58. The first-order chi connectivity index (χ1) is 7.98. The minimum Gasteiger partial charge on any atom is -0.308 e. The van der Waals surface area contributed by atoms with Gasteiger partial charge in [-0.05, 0) is 30.4 Å². The molecule has 0 amide bonds. The van der Waals surface area contributed by atoms with E-state index in [0.29, 0.717) is 0 Å². The topological polar surface area (TPSA) is 24.9 Å². The quantitative estimate of drug-likeness (QED) is 0.817. The van der Waals surface area contributed by atoms with E-state index in [1.165, 1.54) is 12.3 Å². The van der Waals surface area contributed by atoms with Gasteiger partial charge >= 0.3 is 0 Å². The molecular weight excluding hydrogens is 215 g/mol. The predicted molar refractivity (Wildman–Crippen MR) is 69.3 cm³/mol. The number of rotatable bonds is 6. The summed E-state index contributed by atoms with van der Waals surface area (Å²) in [5.41, 5.74) is 1.20. The molecule has 2 nitrogen and oxygen atoms in total. The molecule has 0 aromatic carbocycles. The Balaban J connectivity index is 2.63. The van der Waals surface area contributed by atoms with Crippen LogP contribution in [0.3, 0.4) is 0 Å². The van der Waals surface area contributed by atoms with Crippen molar-refractivity contribution < 1.29 is 4.39 Å². The first-order valence-electron chi connectivity index (χ1n) is 6.33. The molecule has 1 rings (SSSR count). The summed E-state index contributed by atoms with van der Waals surface area (Å²) in [7, 11) is 0. The summed E-state index contributed by atoms with van der Waals surface area (Å²) in [4.78, 5) is 4.14. The molecule has 0 fully saturated rings. The van der Waals surface area contributed by atoms with Crippen molar-refractivity contribution in [2.75, 3.05) is 6.54 Å². The maximum atomic E-state index is 12.8. The Morgan fingerprint density at radius 3 is 2.53 bits per heavy atom. The summed E-state index contributed by atoms with van der Waals surface area (Å²) in [5.74, 6) is -0.280. The van der Waals surface area contributed by atoms with Gasteiger partial charge in [0.25, 0.3) is 0 Å². The third kappa shape index (κ3) is 4.43. The van der Waals surface area contributed by atoms with Crippen molar-refractivity contribution in [3.05, 3.63) is 29.8 Å². The molecule has 0 saturated carbocycles. The zero-order chi connectivity index (χ0) is 12.9. The van der Waals surface area contributed by atoms with Crippen LogP contribution in [-0.2, 0) is 0 Å². The van der Waals surface area contributed by atoms with E-state index in [9.17, 15) is 4.39 Å². The largest absolute Gasteiger partial charge is 0.308 e. The SMILES string of the molecule is CCC(NCC(C)(C)CC)c1ccc(F)cn1. The molecule has 1 N–H and O–H groups in total. The lowest BCUT2D eigenvalue weighted by Gasteiger charge is -2.26. The van der Waals surface area contributed by atoms with Crippen LogP contribution in [0.15, 0.2) is 18.3 Å². The maximum Gasteiger partial charge on any atom is 0.141 e. The molecule has 1 heterocycles.